The first kappa shape index (κ1) is 19.3. The Morgan fingerprint density at radius 2 is 1.38 bits per heavy atom. The molecule has 1 aliphatic heterocycles. The molecule has 0 amide bonds. The number of ether oxygens (including phenoxy) is 1. The molecule has 4 rings (SSSR count). The monoisotopic (exact) mass is 391 g/mol. The number of benzene rings is 3. The lowest BCUT2D eigenvalue weighted by Crippen LogP contribution is -2.14. The highest BCUT2D eigenvalue weighted by Gasteiger charge is 2.32. The molecule has 4 heteroatoms. The van der Waals surface area contributed by atoms with Gasteiger partial charge in [0, 0.05) is 0 Å². The lowest BCUT2D eigenvalue weighted by atomic mass is 9.96. The summed E-state index contributed by atoms with van der Waals surface area (Å²) in [6.45, 7) is 6.21. The van der Waals surface area contributed by atoms with E-state index < -0.39 is 11.6 Å². The van der Waals surface area contributed by atoms with Gasteiger partial charge in [-0.25, -0.2) is 13.8 Å². The highest BCUT2D eigenvalue weighted by atomic mass is 19.1. The van der Waals surface area contributed by atoms with Gasteiger partial charge in [0.05, 0.1) is 0 Å². The number of rotatable bonds is 4. The van der Waals surface area contributed by atoms with Gasteiger partial charge in [-0.15, -0.1) is 0 Å². The number of nitrogens with zero attached hydrogens (tertiary/aromatic N) is 1. The van der Waals surface area contributed by atoms with Crippen LogP contribution in [0, 0.1) is 11.6 Å². The minimum Gasteiger partial charge on any atom is -0.472 e. The molecular formula is C25H23F2NO. The summed E-state index contributed by atoms with van der Waals surface area (Å²) in [5, 5.41) is 0. The van der Waals surface area contributed by atoms with Gasteiger partial charge in [0.2, 0.25) is 5.90 Å². The highest BCUT2D eigenvalue weighted by Crippen LogP contribution is 2.33. The first-order valence-electron chi connectivity index (χ1n) is 9.83. The molecule has 0 saturated carbocycles. The van der Waals surface area contributed by atoms with Crippen LogP contribution in [0.5, 0.6) is 0 Å². The van der Waals surface area contributed by atoms with E-state index in [1.165, 1.54) is 23.8 Å². The third kappa shape index (κ3) is 3.80. The fourth-order valence-corrected chi connectivity index (χ4v) is 3.61. The Hall–Kier alpha value is -3.01. The summed E-state index contributed by atoms with van der Waals surface area (Å²) in [5.41, 5.74) is 4.31. The van der Waals surface area contributed by atoms with Crippen molar-refractivity contribution in [2.75, 3.05) is 0 Å². The van der Waals surface area contributed by atoms with Crippen LogP contribution in [0.2, 0.25) is 0 Å². The molecule has 0 radical (unpaired) electrons. The van der Waals surface area contributed by atoms with Crippen LogP contribution in [0.25, 0.3) is 11.1 Å². The van der Waals surface area contributed by atoms with E-state index >= 15 is 0 Å². The highest BCUT2D eigenvalue weighted by molar-refractivity contribution is 5.96. The molecule has 0 bridgehead atoms. The second-order valence-electron chi connectivity index (χ2n) is 7.70. The molecule has 3 aromatic rings. The van der Waals surface area contributed by atoms with Crippen LogP contribution in [-0.2, 0) is 4.74 Å². The Morgan fingerprint density at radius 3 is 1.93 bits per heavy atom. The summed E-state index contributed by atoms with van der Waals surface area (Å²) in [7, 11) is 0. The van der Waals surface area contributed by atoms with Crippen LogP contribution >= 0.6 is 0 Å². The number of hydrogen-bond acceptors (Lipinski definition) is 2. The Bertz CT molecular complexity index is 1020. The first-order chi connectivity index (χ1) is 13.9. The van der Waals surface area contributed by atoms with Gasteiger partial charge in [0.25, 0.3) is 0 Å². The quantitative estimate of drug-likeness (QED) is 0.487. The molecule has 3 aromatic carbocycles. The van der Waals surface area contributed by atoms with Crippen molar-refractivity contribution in [1.82, 2.24) is 0 Å². The molecular weight excluding hydrogens is 368 g/mol. The molecule has 0 aromatic heterocycles. The van der Waals surface area contributed by atoms with Crippen molar-refractivity contribution < 1.29 is 13.5 Å². The molecule has 0 fully saturated rings. The van der Waals surface area contributed by atoms with Gasteiger partial charge in [-0.3, -0.25) is 0 Å². The molecule has 29 heavy (non-hydrogen) atoms. The van der Waals surface area contributed by atoms with Crippen LogP contribution in [0.3, 0.4) is 0 Å². The van der Waals surface area contributed by atoms with Gasteiger partial charge in [-0.1, -0.05) is 68.4 Å². The van der Waals surface area contributed by atoms with Crippen molar-refractivity contribution in [1.29, 1.82) is 0 Å². The van der Waals surface area contributed by atoms with Gasteiger partial charge in [-0.2, -0.15) is 0 Å². The zero-order valence-corrected chi connectivity index (χ0v) is 16.7. The topological polar surface area (TPSA) is 21.6 Å². The van der Waals surface area contributed by atoms with Crippen molar-refractivity contribution in [3.05, 3.63) is 95.1 Å². The van der Waals surface area contributed by atoms with E-state index in [1.54, 1.807) is 0 Å². The molecule has 0 N–H and O–H groups in total. The number of hydrogen-bond donors (Lipinski definition) is 0. The van der Waals surface area contributed by atoms with E-state index in [9.17, 15) is 8.78 Å². The molecule has 0 saturated heterocycles. The molecule has 2 atom stereocenters. The van der Waals surface area contributed by atoms with E-state index in [0.29, 0.717) is 5.92 Å². The maximum atomic E-state index is 14.1. The van der Waals surface area contributed by atoms with Gasteiger partial charge in [0.1, 0.15) is 29.3 Å². The molecule has 0 spiro atoms. The Balaban J connectivity index is 1.59. The van der Waals surface area contributed by atoms with Crippen molar-refractivity contribution in [3.63, 3.8) is 0 Å². The van der Waals surface area contributed by atoms with E-state index in [1.807, 2.05) is 31.2 Å². The fraction of sp³-hybridized carbons (Fsp3) is 0.240. The van der Waals surface area contributed by atoms with Gasteiger partial charge in [-0.05, 0) is 47.2 Å². The zero-order chi connectivity index (χ0) is 20.5. The van der Waals surface area contributed by atoms with Crippen molar-refractivity contribution in [3.8, 4) is 11.1 Å². The maximum absolute atomic E-state index is 14.1. The Labute approximate surface area is 169 Å². The summed E-state index contributed by atoms with van der Waals surface area (Å²) in [6, 6.07) is 20.1. The molecule has 148 valence electrons. The van der Waals surface area contributed by atoms with Crippen LogP contribution in [0.4, 0.5) is 8.78 Å². The SMILES string of the molecule is CC(C)c1ccc(-c2ccc([C@@H]3N=C(c4c(F)cccc4F)O[C@@H]3C)cc2)cc1. The van der Waals surface area contributed by atoms with Crippen molar-refractivity contribution in [2.45, 2.75) is 38.8 Å². The molecule has 0 aliphatic carbocycles. The van der Waals surface area contributed by atoms with Crippen LogP contribution in [-0.4, -0.2) is 12.0 Å². The first-order valence-corrected chi connectivity index (χ1v) is 9.83. The van der Waals surface area contributed by atoms with Crippen LogP contribution in [0.15, 0.2) is 71.7 Å². The summed E-state index contributed by atoms with van der Waals surface area (Å²) < 4.78 is 33.9. The number of halogens is 2. The van der Waals surface area contributed by atoms with E-state index in [4.69, 9.17) is 4.74 Å². The third-order valence-electron chi connectivity index (χ3n) is 5.34. The maximum Gasteiger partial charge on any atom is 0.223 e. The second kappa shape index (κ2) is 7.78. The summed E-state index contributed by atoms with van der Waals surface area (Å²) in [6.07, 6.45) is -0.305. The second-order valence-corrected chi connectivity index (χ2v) is 7.70. The largest absolute Gasteiger partial charge is 0.472 e. The van der Waals surface area contributed by atoms with Crippen molar-refractivity contribution in [2.24, 2.45) is 4.99 Å². The summed E-state index contributed by atoms with van der Waals surface area (Å²) >= 11 is 0. The van der Waals surface area contributed by atoms with Gasteiger partial charge >= 0.3 is 0 Å². The van der Waals surface area contributed by atoms with Gasteiger partial charge in [0.15, 0.2) is 0 Å². The van der Waals surface area contributed by atoms with Crippen LogP contribution < -0.4 is 0 Å². The minimum atomic E-state index is -0.670. The normalized spacial score (nSPS) is 18.6. The Morgan fingerprint density at radius 1 is 0.828 bits per heavy atom. The van der Waals surface area contributed by atoms with Crippen LogP contribution in [0.1, 0.15) is 49.4 Å². The lowest BCUT2D eigenvalue weighted by molar-refractivity contribution is 0.213. The molecule has 2 nitrogen and oxygen atoms in total. The lowest BCUT2D eigenvalue weighted by Gasteiger charge is -2.14. The summed E-state index contributed by atoms with van der Waals surface area (Å²) in [5.74, 6) is -0.818. The van der Waals surface area contributed by atoms with E-state index in [0.717, 1.165) is 16.7 Å². The average molecular weight is 391 g/mol. The van der Waals surface area contributed by atoms with Gasteiger partial charge < -0.3 is 4.74 Å². The van der Waals surface area contributed by atoms with E-state index in [-0.39, 0.29) is 23.6 Å². The molecule has 1 heterocycles. The smallest absolute Gasteiger partial charge is 0.223 e. The third-order valence-corrected chi connectivity index (χ3v) is 5.34. The predicted molar refractivity (Wildman–Crippen MR) is 112 cm³/mol. The Kier molecular flexibility index (Phi) is 5.18. The molecule has 0 unspecified atom stereocenters. The zero-order valence-electron chi connectivity index (χ0n) is 16.7. The predicted octanol–water partition coefficient (Wildman–Crippen LogP) is 6.66. The standard InChI is InChI=1S/C25H23F2NO/c1-15(2)17-7-9-18(10-8-17)19-11-13-20(14-12-19)24-16(3)29-25(28-24)23-21(26)5-4-6-22(23)27/h4-16,24H,1-3H3/t16-,24-/m1/s1. The summed E-state index contributed by atoms with van der Waals surface area (Å²) in [4.78, 5) is 4.48. The molecule has 1 aliphatic rings. The fourth-order valence-electron chi connectivity index (χ4n) is 3.61. The average Bonchev–Trinajstić information content (AvgIpc) is 3.09. The van der Waals surface area contributed by atoms with Crippen molar-refractivity contribution >= 4 is 5.90 Å². The minimum absolute atomic E-state index is 0.0199. The number of aliphatic imine (C=N–C) groups is 1. The van der Waals surface area contributed by atoms with E-state index in [2.05, 4.69) is 43.1 Å².